The first kappa shape index (κ1) is 21.9. The molecule has 0 spiro atoms. The van der Waals surface area contributed by atoms with E-state index in [0.29, 0.717) is 23.8 Å². The molecule has 0 saturated heterocycles. The predicted octanol–water partition coefficient (Wildman–Crippen LogP) is 2.44. The number of halogens is 2. The highest BCUT2D eigenvalue weighted by atomic mass is 35.5. The second kappa shape index (κ2) is 9.05. The van der Waals surface area contributed by atoms with E-state index in [2.05, 4.69) is 4.98 Å². The van der Waals surface area contributed by atoms with Crippen LogP contribution in [0, 0.1) is 5.82 Å². The second-order valence-electron chi connectivity index (χ2n) is 7.42. The molecule has 1 unspecified atom stereocenters. The third kappa shape index (κ3) is 4.21. The minimum absolute atomic E-state index is 0.0904. The lowest BCUT2D eigenvalue weighted by atomic mass is 10.2. The van der Waals surface area contributed by atoms with Gasteiger partial charge in [0.05, 0.1) is 0 Å². The Morgan fingerprint density at radius 1 is 1.16 bits per heavy atom. The molecule has 32 heavy (non-hydrogen) atoms. The van der Waals surface area contributed by atoms with Crippen molar-refractivity contribution in [1.29, 1.82) is 0 Å². The summed E-state index contributed by atoms with van der Waals surface area (Å²) in [6, 6.07) is 12.8. The number of aliphatic hydroxyl groups is 1. The largest absolute Gasteiger partial charge is 0.452 e. The van der Waals surface area contributed by atoms with E-state index in [4.69, 9.17) is 16.3 Å². The lowest BCUT2D eigenvalue weighted by Crippen LogP contribution is -2.48. The zero-order chi connectivity index (χ0) is 22.8. The number of benzene rings is 2. The average Bonchev–Trinajstić information content (AvgIpc) is 3.05. The highest BCUT2D eigenvalue weighted by Gasteiger charge is 2.41. The summed E-state index contributed by atoms with van der Waals surface area (Å²) in [6.07, 6.45) is -0.485. The molecule has 1 aliphatic rings. The lowest BCUT2D eigenvalue weighted by Gasteiger charge is -2.32. The van der Waals surface area contributed by atoms with Crippen molar-refractivity contribution in [2.45, 2.75) is 19.3 Å². The third-order valence-corrected chi connectivity index (χ3v) is 5.48. The molecule has 0 aliphatic carbocycles. The zero-order valence-corrected chi connectivity index (χ0v) is 18.1. The lowest BCUT2D eigenvalue weighted by molar-refractivity contribution is 0.189. The van der Waals surface area contributed by atoms with Gasteiger partial charge in [0.15, 0.2) is 0 Å². The molecule has 1 atom stereocenters. The number of ether oxygens (including phenoxy) is 1. The molecule has 0 radical (unpaired) electrons. The normalized spacial score (nSPS) is 15.2. The fourth-order valence-corrected chi connectivity index (χ4v) is 3.88. The highest BCUT2D eigenvalue weighted by molar-refractivity contribution is 6.30. The van der Waals surface area contributed by atoms with Crippen LogP contribution in [0.2, 0.25) is 5.02 Å². The van der Waals surface area contributed by atoms with E-state index in [1.807, 2.05) is 12.1 Å². The van der Waals surface area contributed by atoms with Crippen molar-refractivity contribution in [1.82, 2.24) is 9.55 Å². The van der Waals surface area contributed by atoms with Crippen LogP contribution in [0.25, 0.3) is 0 Å². The van der Waals surface area contributed by atoms with Crippen LogP contribution < -0.4 is 25.8 Å². The van der Waals surface area contributed by atoms with Crippen LogP contribution in [-0.4, -0.2) is 34.2 Å². The number of aromatic amines is 1. The number of anilines is 2. The van der Waals surface area contributed by atoms with E-state index in [1.165, 1.54) is 22.8 Å². The molecule has 3 aromatic rings. The number of aliphatic hydroxyl groups excluding tert-OH is 1. The zero-order valence-electron chi connectivity index (χ0n) is 17.3. The number of hydrogen-bond donors (Lipinski definition) is 2. The number of H-pyrrole nitrogens is 1. The Bertz CT molecular complexity index is 1230. The molecule has 0 bridgehead atoms. The van der Waals surface area contributed by atoms with Crippen molar-refractivity contribution in [2.75, 3.05) is 23.0 Å². The maximum Gasteiger partial charge on any atom is 0.329 e. The number of rotatable bonds is 7. The smallest absolute Gasteiger partial charge is 0.329 e. The molecule has 4 rings (SSSR count). The molecule has 8 nitrogen and oxygen atoms in total. The van der Waals surface area contributed by atoms with Gasteiger partial charge in [-0.3, -0.25) is 14.3 Å². The van der Waals surface area contributed by atoms with E-state index in [0.717, 1.165) is 5.56 Å². The van der Waals surface area contributed by atoms with Crippen molar-refractivity contribution in [3.8, 4) is 5.75 Å². The van der Waals surface area contributed by atoms with Gasteiger partial charge < -0.3 is 19.6 Å². The Morgan fingerprint density at radius 3 is 2.59 bits per heavy atom. The molecular formula is C22H22ClFN4O4. The second-order valence-corrected chi connectivity index (χ2v) is 7.85. The summed E-state index contributed by atoms with van der Waals surface area (Å²) in [4.78, 5) is 31.0. The fraction of sp³-hybridized carbons (Fsp3) is 0.273. The Morgan fingerprint density at radius 2 is 1.91 bits per heavy atom. The van der Waals surface area contributed by atoms with E-state index in [1.54, 1.807) is 35.0 Å². The Labute approximate surface area is 188 Å². The van der Waals surface area contributed by atoms with Crippen LogP contribution in [0.5, 0.6) is 5.75 Å². The minimum atomic E-state index is -0.858. The van der Waals surface area contributed by atoms with Crippen LogP contribution in [-0.2, 0) is 13.6 Å². The molecular weight excluding hydrogens is 439 g/mol. The molecule has 0 amide bonds. The van der Waals surface area contributed by atoms with Gasteiger partial charge in [0.25, 0.3) is 11.9 Å². The van der Waals surface area contributed by atoms with Gasteiger partial charge in [-0.15, -0.1) is 0 Å². The molecule has 1 aromatic heterocycles. The minimum Gasteiger partial charge on any atom is -0.452 e. The third-order valence-electron chi connectivity index (χ3n) is 5.22. The summed E-state index contributed by atoms with van der Waals surface area (Å²) in [7, 11) is 1.55. The van der Waals surface area contributed by atoms with Crippen LogP contribution >= 0.6 is 11.6 Å². The first-order valence-corrected chi connectivity index (χ1v) is 10.4. The molecule has 10 heteroatoms. The van der Waals surface area contributed by atoms with Gasteiger partial charge in [0.2, 0.25) is 0 Å². The molecule has 2 N–H and O–H groups in total. The van der Waals surface area contributed by atoms with Crippen LogP contribution in [0.3, 0.4) is 0 Å². The van der Waals surface area contributed by atoms with E-state index < -0.39 is 23.4 Å². The van der Waals surface area contributed by atoms with Gasteiger partial charge in [-0.05, 0) is 36.2 Å². The predicted molar refractivity (Wildman–Crippen MR) is 120 cm³/mol. The van der Waals surface area contributed by atoms with E-state index >= 15 is 0 Å². The molecule has 0 fully saturated rings. The quantitative estimate of drug-likeness (QED) is 0.563. The van der Waals surface area contributed by atoms with E-state index in [9.17, 15) is 19.1 Å². The Balaban J connectivity index is 1.84. The molecule has 168 valence electrons. The number of fused-ring (bicyclic) bond motifs is 1. The van der Waals surface area contributed by atoms with E-state index in [-0.39, 0.29) is 24.6 Å². The van der Waals surface area contributed by atoms with Gasteiger partial charge in [0, 0.05) is 37.8 Å². The van der Waals surface area contributed by atoms with Crippen molar-refractivity contribution >= 4 is 23.1 Å². The summed E-state index contributed by atoms with van der Waals surface area (Å²) >= 11 is 6.01. The van der Waals surface area contributed by atoms with Crippen molar-refractivity contribution < 1.29 is 14.2 Å². The average molecular weight is 461 g/mol. The first-order chi connectivity index (χ1) is 15.4. The number of nitrogens with zero attached hydrogens (tertiary/aromatic N) is 3. The summed E-state index contributed by atoms with van der Waals surface area (Å²) in [6.45, 7) is 0.477. The number of aromatic nitrogens is 2. The molecule has 2 heterocycles. The van der Waals surface area contributed by atoms with Gasteiger partial charge in [-0.2, -0.15) is 0 Å². The summed E-state index contributed by atoms with van der Waals surface area (Å²) in [5.74, 6) is 0.163. The molecule has 1 aliphatic heterocycles. The summed E-state index contributed by atoms with van der Waals surface area (Å²) in [5.41, 5.74) is -0.0242. The number of nitrogens with one attached hydrogen (secondary N) is 1. The molecule has 0 saturated carbocycles. The Hall–Kier alpha value is -3.30. The van der Waals surface area contributed by atoms with Crippen LogP contribution in [0.4, 0.5) is 15.9 Å². The monoisotopic (exact) mass is 460 g/mol. The maximum atomic E-state index is 13.8. The van der Waals surface area contributed by atoms with Crippen LogP contribution in [0.15, 0.2) is 58.1 Å². The van der Waals surface area contributed by atoms with Crippen molar-refractivity contribution in [3.05, 3.63) is 85.8 Å². The standard InChI is InChI=1S/C22H22ClFN4O4/c1-26-20-18(19(30)25-21(26)31)28(13-14-6-8-15(23)9-7-14)22(27(20)10-3-11-29)32-17-5-2-4-16(24)12-17/h2,4-9,12,22,29H,3,10-11,13H2,1H3,(H,25,30,31). The maximum absolute atomic E-state index is 13.8. The summed E-state index contributed by atoms with van der Waals surface area (Å²) in [5, 5.41) is 9.99. The Kier molecular flexibility index (Phi) is 6.20. The highest BCUT2D eigenvalue weighted by Crippen LogP contribution is 2.38. The van der Waals surface area contributed by atoms with Crippen molar-refractivity contribution in [2.24, 2.45) is 7.05 Å². The van der Waals surface area contributed by atoms with Gasteiger partial charge in [0.1, 0.15) is 23.1 Å². The van der Waals surface area contributed by atoms with Gasteiger partial charge in [-0.25, -0.2) is 9.18 Å². The fourth-order valence-electron chi connectivity index (χ4n) is 3.76. The van der Waals surface area contributed by atoms with Gasteiger partial charge in [-0.1, -0.05) is 29.8 Å². The number of hydrogen-bond acceptors (Lipinski definition) is 6. The first-order valence-electron chi connectivity index (χ1n) is 10.0. The summed E-state index contributed by atoms with van der Waals surface area (Å²) < 4.78 is 21.3. The SMILES string of the molecule is Cn1c2c(c(=O)[nH]c1=O)N(Cc1ccc(Cl)cc1)C(Oc1cccc(F)c1)N2CCCO. The van der Waals surface area contributed by atoms with Gasteiger partial charge >= 0.3 is 5.69 Å². The van der Waals surface area contributed by atoms with Crippen LogP contribution in [0.1, 0.15) is 12.0 Å². The topological polar surface area (TPSA) is 90.8 Å². The molecule has 2 aromatic carbocycles. The van der Waals surface area contributed by atoms with Crippen molar-refractivity contribution in [3.63, 3.8) is 0 Å².